The monoisotopic (exact) mass is 486 g/mol. The fraction of sp³-hybridized carbons (Fsp3) is 0.240. The van der Waals surface area contributed by atoms with Crippen LogP contribution in [-0.4, -0.2) is 20.9 Å². The first kappa shape index (κ1) is 23.3. The van der Waals surface area contributed by atoms with Gasteiger partial charge in [0.1, 0.15) is 5.82 Å². The third kappa shape index (κ3) is 5.37. The van der Waals surface area contributed by atoms with Gasteiger partial charge in [-0.2, -0.15) is 0 Å². The smallest absolute Gasteiger partial charge is 0.261 e. The number of sulfonamides is 1. The average Bonchev–Trinajstić information content (AvgIpc) is 3.61. The van der Waals surface area contributed by atoms with E-state index in [-0.39, 0.29) is 15.8 Å². The molecule has 2 N–H and O–H groups in total. The zero-order valence-electron chi connectivity index (χ0n) is 17.9. The Kier molecular flexibility index (Phi) is 6.72. The van der Waals surface area contributed by atoms with Crippen molar-refractivity contribution in [2.24, 2.45) is 0 Å². The van der Waals surface area contributed by atoms with Gasteiger partial charge < -0.3 is 5.32 Å². The first-order chi connectivity index (χ1) is 15.8. The van der Waals surface area contributed by atoms with E-state index < -0.39 is 21.3 Å². The maximum Gasteiger partial charge on any atom is 0.261 e. The van der Waals surface area contributed by atoms with Crippen molar-refractivity contribution in [3.05, 3.63) is 94.8 Å². The molecular weight excluding hydrogens is 463 g/mol. The van der Waals surface area contributed by atoms with Crippen molar-refractivity contribution >= 4 is 33.2 Å². The third-order valence-electron chi connectivity index (χ3n) is 5.85. The first-order valence-electron chi connectivity index (χ1n) is 10.7. The molecule has 4 rings (SSSR count). The highest BCUT2D eigenvalue weighted by Crippen LogP contribution is 2.48. The van der Waals surface area contributed by atoms with Crippen LogP contribution in [0.5, 0.6) is 0 Å². The van der Waals surface area contributed by atoms with E-state index in [4.69, 9.17) is 11.6 Å². The molecule has 0 saturated heterocycles. The molecule has 0 bridgehead atoms. The molecule has 1 saturated carbocycles. The fourth-order valence-corrected chi connectivity index (χ4v) is 5.13. The minimum absolute atomic E-state index is 0.00449. The maximum absolute atomic E-state index is 13.3. The largest absolute Gasteiger partial charge is 0.355 e. The lowest BCUT2D eigenvalue weighted by molar-refractivity contribution is -0.123. The highest BCUT2D eigenvalue weighted by Gasteiger charge is 2.51. The van der Waals surface area contributed by atoms with Gasteiger partial charge in [-0.3, -0.25) is 9.52 Å². The summed E-state index contributed by atoms with van der Waals surface area (Å²) in [5.74, 6) is -0.683. The second kappa shape index (κ2) is 9.53. The minimum atomic E-state index is -3.92. The fourth-order valence-electron chi connectivity index (χ4n) is 3.80. The van der Waals surface area contributed by atoms with Crippen LogP contribution < -0.4 is 10.0 Å². The summed E-state index contributed by atoms with van der Waals surface area (Å²) in [6.07, 6.45) is 3.29. The van der Waals surface area contributed by atoms with Crippen LogP contribution in [0.1, 0.15) is 30.4 Å². The van der Waals surface area contributed by atoms with E-state index in [2.05, 4.69) is 22.2 Å². The molecule has 0 aromatic heterocycles. The van der Waals surface area contributed by atoms with Gasteiger partial charge >= 0.3 is 0 Å². The maximum atomic E-state index is 13.3. The highest BCUT2D eigenvalue weighted by atomic mass is 35.5. The summed E-state index contributed by atoms with van der Waals surface area (Å²) in [5, 5.41) is 2.78. The lowest BCUT2D eigenvalue weighted by Gasteiger charge is -2.17. The second-order valence-corrected chi connectivity index (χ2v) is 10.3. The van der Waals surface area contributed by atoms with Crippen molar-refractivity contribution in [3.63, 3.8) is 0 Å². The zero-order valence-corrected chi connectivity index (χ0v) is 19.4. The van der Waals surface area contributed by atoms with Gasteiger partial charge in [-0.25, -0.2) is 12.8 Å². The van der Waals surface area contributed by atoms with Gasteiger partial charge in [0.15, 0.2) is 0 Å². The summed E-state index contributed by atoms with van der Waals surface area (Å²) in [7, 11) is -3.92. The van der Waals surface area contributed by atoms with Crippen molar-refractivity contribution < 1.29 is 17.6 Å². The lowest BCUT2D eigenvalue weighted by atomic mass is 9.94. The molecular formula is C25H24ClFN2O3S. The summed E-state index contributed by atoms with van der Waals surface area (Å²) in [6.45, 7) is 0.605. The number of aryl methyl sites for hydroxylation is 1. The second-order valence-electron chi connectivity index (χ2n) is 8.19. The number of carbonyl (C=O) groups is 1. The number of amides is 1. The molecule has 1 aliphatic carbocycles. The van der Waals surface area contributed by atoms with Crippen molar-refractivity contribution in [2.45, 2.75) is 36.0 Å². The SMILES string of the molecule is O=C(NCCCc1ccccc1)C1(c2ccc(NS(=O)(=O)c3ccc(F)c(Cl)c3)cc2)CC1. The van der Waals surface area contributed by atoms with Gasteiger partial charge in [-0.05, 0) is 67.1 Å². The number of anilines is 1. The Hall–Kier alpha value is -2.90. The molecule has 5 nitrogen and oxygen atoms in total. The standard InChI is InChI=1S/C25H24ClFN2O3S/c26-22-17-21(12-13-23(22)27)33(31,32)29-20-10-8-19(9-11-20)25(14-15-25)24(30)28-16-4-7-18-5-2-1-3-6-18/h1-3,5-6,8-13,17,29H,4,7,14-16H2,(H,28,30). The normalized spacial score (nSPS) is 14.5. The van der Waals surface area contributed by atoms with Crippen molar-refractivity contribution in [1.29, 1.82) is 0 Å². The number of halogens is 2. The van der Waals surface area contributed by atoms with Crippen LogP contribution in [0.2, 0.25) is 5.02 Å². The Morgan fingerprint density at radius 2 is 1.70 bits per heavy atom. The molecule has 0 unspecified atom stereocenters. The van der Waals surface area contributed by atoms with E-state index in [9.17, 15) is 17.6 Å². The predicted molar refractivity (Wildman–Crippen MR) is 127 cm³/mol. The van der Waals surface area contributed by atoms with Crippen LogP contribution >= 0.6 is 11.6 Å². The number of benzene rings is 3. The molecule has 172 valence electrons. The first-order valence-corrected chi connectivity index (χ1v) is 12.6. The number of nitrogens with one attached hydrogen (secondary N) is 2. The summed E-state index contributed by atoms with van der Waals surface area (Å²) >= 11 is 5.70. The Bertz CT molecular complexity index is 1240. The van der Waals surface area contributed by atoms with Gasteiger partial charge in [0, 0.05) is 12.2 Å². The number of hydrogen-bond acceptors (Lipinski definition) is 3. The molecule has 0 spiro atoms. The third-order valence-corrected chi connectivity index (χ3v) is 7.51. The predicted octanol–water partition coefficient (Wildman–Crippen LogP) is 5.06. The molecule has 1 amide bonds. The number of carbonyl (C=O) groups excluding carboxylic acids is 1. The Balaban J connectivity index is 1.36. The molecule has 3 aromatic rings. The molecule has 3 aromatic carbocycles. The Labute approximate surface area is 198 Å². The summed E-state index contributed by atoms with van der Waals surface area (Å²) in [6, 6.07) is 20.2. The Morgan fingerprint density at radius 3 is 2.33 bits per heavy atom. The van der Waals surface area contributed by atoms with Gasteiger partial charge in [0.05, 0.1) is 15.3 Å². The van der Waals surface area contributed by atoms with Crippen LogP contribution in [-0.2, 0) is 26.7 Å². The Morgan fingerprint density at radius 1 is 1.00 bits per heavy atom. The summed E-state index contributed by atoms with van der Waals surface area (Å²) in [4.78, 5) is 12.7. The van der Waals surface area contributed by atoms with Gasteiger partial charge in [-0.15, -0.1) is 0 Å². The average molecular weight is 487 g/mol. The van der Waals surface area contributed by atoms with Gasteiger partial charge in [0.25, 0.3) is 10.0 Å². The number of rotatable bonds is 9. The van der Waals surface area contributed by atoms with E-state index in [1.165, 1.54) is 5.56 Å². The summed E-state index contributed by atoms with van der Waals surface area (Å²) < 4.78 is 40.9. The van der Waals surface area contributed by atoms with E-state index in [1.807, 2.05) is 18.2 Å². The molecule has 0 aliphatic heterocycles. The molecule has 8 heteroatoms. The van der Waals surface area contributed by atoms with Crippen LogP contribution in [0.3, 0.4) is 0 Å². The zero-order chi connectivity index (χ0) is 23.5. The highest BCUT2D eigenvalue weighted by molar-refractivity contribution is 7.92. The summed E-state index contributed by atoms with van der Waals surface area (Å²) in [5.41, 5.74) is 1.90. The van der Waals surface area contributed by atoms with E-state index in [1.54, 1.807) is 24.3 Å². The molecule has 1 fully saturated rings. The van der Waals surface area contributed by atoms with Crippen LogP contribution in [0.4, 0.5) is 10.1 Å². The molecule has 0 atom stereocenters. The quantitative estimate of drug-likeness (QED) is 0.415. The molecule has 0 heterocycles. The lowest BCUT2D eigenvalue weighted by Crippen LogP contribution is -2.35. The minimum Gasteiger partial charge on any atom is -0.355 e. The molecule has 0 radical (unpaired) electrons. The van der Waals surface area contributed by atoms with E-state index >= 15 is 0 Å². The van der Waals surface area contributed by atoms with Crippen LogP contribution in [0.15, 0.2) is 77.7 Å². The van der Waals surface area contributed by atoms with Crippen molar-refractivity contribution in [2.75, 3.05) is 11.3 Å². The van der Waals surface area contributed by atoms with Crippen molar-refractivity contribution in [1.82, 2.24) is 5.32 Å². The molecule has 1 aliphatic rings. The van der Waals surface area contributed by atoms with Crippen LogP contribution in [0, 0.1) is 5.82 Å². The van der Waals surface area contributed by atoms with Gasteiger partial charge in [0.2, 0.25) is 5.91 Å². The topological polar surface area (TPSA) is 75.3 Å². The van der Waals surface area contributed by atoms with Crippen LogP contribution in [0.25, 0.3) is 0 Å². The van der Waals surface area contributed by atoms with Crippen molar-refractivity contribution in [3.8, 4) is 0 Å². The van der Waals surface area contributed by atoms with Gasteiger partial charge in [-0.1, -0.05) is 54.1 Å². The number of hydrogen-bond donors (Lipinski definition) is 2. The van der Waals surface area contributed by atoms with E-state index in [0.29, 0.717) is 12.2 Å². The van der Waals surface area contributed by atoms with E-state index in [0.717, 1.165) is 49.4 Å². The molecule has 33 heavy (non-hydrogen) atoms.